The van der Waals surface area contributed by atoms with Gasteiger partial charge in [-0.1, -0.05) is 12.1 Å². The fourth-order valence-corrected chi connectivity index (χ4v) is 1.73. The molecule has 0 bridgehead atoms. The van der Waals surface area contributed by atoms with Gasteiger partial charge in [-0.15, -0.1) is 0 Å². The Balaban J connectivity index is 2.71. The molecule has 1 rings (SSSR count). The normalized spacial score (nSPS) is 10.5. The molecular weight excluding hydrogens is 246 g/mol. The highest BCUT2D eigenvalue weighted by Crippen LogP contribution is 2.08. The van der Waals surface area contributed by atoms with E-state index >= 15 is 0 Å². The molecule has 1 amide bonds. The van der Waals surface area contributed by atoms with Gasteiger partial charge in [0, 0.05) is 32.9 Å². The highest BCUT2D eigenvalue weighted by molar-refractivity contribution is 5.94. The zero-order valence-electron chi connectivity index (χ0n) is 11.5. The molecule has 0 spiro atoms. The van der Waals surface area contributed by atoms with Crippen LogP contribution in [-0.4, -0.2) is 56.4 Å². The third-order valence-electron chi connectivity index (χ3n) is 2.73. The number of amides is 1. The monoisotopic (exact) mass is 267 g/mol. The molecule has 0 atom stereocenters. The summed E-state index contributed by atoms with van der Waals surface area (Å²) in [7, 11) is 3.22. The van der Waals surface area contributed by atoms with Gasteiger partial charge < -0.3 is 19.5 Å². The van der Waals surface area contributed by atoms with Crippen molar-refractivity contribution in [3.05, 3.63) is 35.4 Å². The standard InChI is InChI=1S/C14H21NO4/c1-18-10-8-15(7-9-16)14(17)13-5-3-12(4-6-13)11-19-2/h3-6,16H,7-11H2,1-2H3. The average molecular weight is 267 g/mol. The minimum atomic E-state index is -0.102. The first-order chi connectivity index (χ1) is 9.22. The zero-order valence-corrected chi connectivity index (χ0v) is 11.5. The van der Waals surface area contributed by atoms with Crippen LogP contribution in [-0.2, 0) is 16.1 Å². The number of methoxy groups -OCH3 is 2. The van der Waals surface area contributed by atoms with Gasteiger partial charge in [-0.3, -0.25) is 4.79 Å². The third-order valence-corrected chi connectivity index (χ3v) is 2.73. The lowest BCUT2D eigenvalue weighted by Gasteiger charge is -2.21. The molecule has 1 aromatic carbocycles. The van der Waals surface area contributed by atoms with Crippen molar-refractivity contribution in [1.82, 2.24) is 4.90 Å². The molecule has 1 aromatic rings. The summed E-state index contributed by atoms with van der Waals surface area (Å²) < 4.78 is 9.99. The van der Waals surface area contributed by atoms with E-state index in [9.17, 15) is 4.79 Å². The maximum Gasteiger partial charge on any atom is 0.254 e. The number of carbonyl (C=O) groups is 1. The summed E-state index contributed by atoms with van der Waals surface area (Å²) >= 11 is 0. The molecule has 5 heteroatoms. The van der Waals surface area contributed by atoms with E-state index in [2.05, 4.69) is 0 Å². The lowest BCUT2D eigenvalue weighted by Crippen LogP contribution is -2.36. The number of hydrogen-bond acceptors (Lipinski definition) is 4. The van der Waals surface area contributed by atoms with Crippen LogP contribution in [0.1, 0.15) is 15.9 Å². The van der Waals surface area contributed by atoms with Crippen LogP contribution >= 0.6 is 0 Å². The molecule has 0 aliphatic heterocycles. The van der Waals surface area contributed by atoms with Crippen LogP contribution in [0.4, 0.5) is 0 Å². The summed E-state index contributed by atoms with van der Waals surface area (Å²) in [6.07, 6.45) is 0. The van der Waals surface area contributed by atoms with Crippen LogP contribution in [0, 0.1) is 0 Å². The first kappa shape index (κ1) is 15.6. The van der Waals surface area contributed by atoms with Gasteiger partial charge >= 0.3 is 0 Å². The minimum Gasteiger partial charge on any atom is -0.395 e. The number of aliphatic hydroxyl groups excluding tert-OH is 1. The first-order valence-electron chi connectivity index (χ1n) is 6.20. The zero-order chi connectivity index (χ0) is 14.1. The molecule has 0 aromatic heterocycles. The molecule has 0 radical (unpaired) electrons. The molecular formula is C14H21NO4. The molecule has 0 unspecified atom stereocenters. The highest BCUT2D eigenvalue weighted by Gasteiger charge is 2.14. The Labute approximate surface area is 113 Å². The van der Waals surface area contributed by atoms with Crippen molar-refractivity contribution in [2.24, 2.45) is 0 Å². The SMILES string of the molecule is COCCN(CCO)C(=O)c1ccc(COC)cc1. The number of nitrogens with zero attached hydrogens (tertiary/aromatic N) is 1. The Morgan fingerprint density at radius 2 is 1.84 bits per heavy atom. The topological polar surface area (TPSA) is 59.0 Å². The van der Waals surface area contributed by atoms with Crippen molar-refractivity contribution in [1.29, 1.82) is 0 Å². The van der Waals surface area contributed by atoms with E-state index in [1.807, 2.05) is 12.1 Å². The van der Waals surface area contributed by atoms with Gasteiger partial charge in [0.05, 0.1) is 19.8 Å². The lowest BCUT2D eigenvalue weighted by atomic mass is 10.1. The molecule has 0 aliphatic carbocycles. The molecule has 0 saturated carbocycles. The van der Waals surface area contributed by atoms with Crippen molar-refractivity contribution in [3.63, 3.8) is 0 Å². The summed E-state index contributed by atoms with van der Waals surface area (Å²) in [4.78, 5) is 13.8. The molecule has 5 nitrogen and oxygen atoms in total. The Morgan fingerprint density at radius 3 is 2.37 bits per heavy atom. The van der Waals surface area contributed by atoms with E-state index in [0.717, 1.165) is 5.56 Å². The second-order valence-electron chi connectivity index (χ2n) is 4.14. The van der Waals surface area contributed by atoms with E-state index in [4.69, 9.17) is 14.6 Å². The summed E-state index contributed by atoms with van der Waals surface area (Å²) in [6, 6.07) is 7.27. The van der Waals surface area contributed by atoms with Crippen LogP contribution in [0.5, 0.6) is 0 Å². The lowest BCUT2D eigenvalue weighted by molar-refractivity contribution is 0.0656. The van der Waals surface area contributed by atoms with Gasteiger partial charge in [0.25, 0.3) is 5.91 Å². The largest absolute Gasteiger partial charge is 0.395 e. The van der Waals surface area contributed by atoms with E-state index in [1.54, 1.807) is 31.3 Å². The molecule has 0 saturated heterocycles. The Bertz CT molecular complexity index is 378. The number of aliphatic hydroxyl groups is 1. The van der Waals surface area contributed by atoms with Crippen LogP contribution in [0.3, 0.4) is 0 Å². The molecule has 0 aliphatic rings. The average Bonchev–Trinajstić information content (AvgIpc) is 2.44. The van der Waals surface area contributed by atoms with Crippen molar-refractivity contribution in [2.75, 3.05) is 40.5 Å². The second-order valence-corrected chi connectivity index (χ2v) is 4.14. The van der Waals surface area contributed by atoms with Crippen LogP contribution in [0.15, 0.2) is 24.3 Å². The van der Waals surface area contributed by atoms with Crippen LogP contribution in [0.2, 0.25) is 0 Å². The van der Waals surface area contributed by atoms with Crippen LogP contribution in [0.25, 0.3) is 0 Å². The van der Waals surface area contributed by atoms with Crippen molar-refractivity contribution >= 4 is 5.91 Å². The molecule has 1 N–H and O–H groups in total. The Kier molecular flexibility index (Phi) is 7.10. The molecule has 19 heavy (non-hydrogen) atoms. The fourth-order valence-electron chi connectivity index (χ4n) is 1.73. The predicted molar refractivity (Wildman–Crippen MR) is 72.0 cm³/mol. The van der Waals surface area contributed by atoms with Crippen LogP contribution < -0.4 is 0 Å². The number of benzene rings is 1. The molecule has 0 fully saturated rings. The number of rotatable bonds is 8. The van der Waals surface area contributed by atoms with Gasteiger partial charge in [0.1, 0.15) is 0 Å². The number of hydrogen-bond donors (Lipinski definition) is 1. The number of ether oxygens (including phenoxy) is 2. The van der Waals surface area contributed by atoms with Crippen molar-refractivity contribution in [2.45, 2.75) is 6.61 Å². The van der Waals surface area contributed by atoms with Crippen molar-refractivity contribution in [3.8, 4) is 0 Å². The smallest absolute Gasteiger partial charge is 0.254 e. The Hall–Kier alpha value is -1.43. The van der Waals surface area contributed by atoms with Gasteiger partial charge in [0.2, 0.25) is 0 Å². The van der Waals surface area contributed by atoms with Gasteiger partial charge in [-0.05, 0) is 17.7 Å². The van der Waals surface area contributed by atoms with Crippen molar-refractivity contribution < 1.29 is 19.4 Å². The van der Waals surface area contributed by atoms with E-state index < -0.39 is 0 Å². The maximum atomic E-state index is 12.2. The molecule has 0 heterocycles. The van der Waals surface area contributed by atoms with Gasteiger partial charge in [0.15, 0.2) is 0 Å². The van der Waals surface area contributed by atoms with Gasteiger partial charge in [-0.2, -0.15) is 0 Å². The molecule has 106 valence electrons. The van der Waals surface area contributed by atoms with E-state index in [1.165, 1.54) is 0 Å². The summed E-state index contributed by atoms with van der Waals surface area (Å²) in [5.41, 5.74) is 1.62. The van der Waals surface area contributed by atoms with Gasteiger partial charge in [-0.25, -0.2) is 0 Å². The number of carbonyl (C=O) groups excluding carboxylic acids is 1. The highest BCUT2D eigenvalue weighted by atomic mass is 16.5. The second kappa shape index (κ2) is 8.63. The summed E-state index contributed by atoms with van der Waals surface area (Å²) in [5, 5.41) is 8.99. The first-order valence-corrected chi connectivity index (χ1v) is 6.20. The summed E-state index contributed by atoms with van der Waals surface area (Å²) in [5.74, 6) is -0.102. The fraction of sp³-hybridized carbons (Fsp3) is 0.500. The predicted octanol–water partition coefficient (Wildman–Crippen LogP) is 0.914. The minimum absolute atomic E-state index is 0.0583. The Morgan fingerprint density at radius 1 is 1.16 bits per heavy atom. The maximum absolute atomic E-state index is 12.2. The third kappa shape index (κ3) is 4.98. The van der Waals surface area contributed by atoms with E-state index in [0.29, 0.717) is 31.9 Å². The van der Waals surface area contributed by atoms with E-state index in [-0.39, 0.29) is 12.5 Å². The quantitative estimate of drug-likeness (QED) is 0.760. The summed E-state index contributed by atoms with van der Waals surface area (Å²) in [6.45, 7) is 1.70.